The largest absolute Gasteiger partial charge is 0.508 e. The van der Waals surface area contributed by atoms with E-state index in [1.807, 2.05) is 39.8 Å². The molecule has 1 aromatic rings. The molecule has 0 spiro atoms. The fourth-order valence-electron chi connectivity index (χ4n) is 4.26. The second-order valence-corrected chi connectivity index (χ2v) is 10.00. The Morgan fingerprint density at radius 2 is 1.61 bits per heavy atom. The summed E-state index contributed by atoms with van der Waals surface area (Å²) in [6.45, 7) is 9.61. The van der Waals surface area contributed by atoms with Crippen molar-refractivity contribution in [2.45, 2.75) is 104 Å². The van der Waals surface area contributed by atoms with Gasteiger partial charge in [0.15, 0.2) is 0 Å². The zero-order valence-electron chi connectivity index (χ0n) is 19.9. The van der Waals surface area contributed by atoms with Crippen molar-refractivity contribution in [2.75, 3.05) is 0 Å². The van der Waals surface area contributed by atoms with Gasteiger partial charge in [-0.15, -0.1) is 0 Å². The first-order valence-electron chi connectivity index (χ1n) is 11.8. The first kappa shape index (κ1) is 25.2. The van der Waals surface area contributed by atoms with Gasteiger partial charge in [-0.2, -0.15) is 0 Å². The third kappa shape index (κ3) is 8.54. The Hall–Kier alpha value is -2.04. The van der Waals surface area contributed by atoms with Crippen molar-refractivity contribution >= 4 is 11.9 Å². The fraction of sp³-hybridized carbons (Fsp3) is 0.692. The van der Waals surface area contributed by atoms with Crippen molar-refractivity contribution in [3.8, 4) is 5.75 Å². The second kappa shape index (κ2) is 11.5. The highest BCUT2D eigenvalue weighted by atomic mass is 16.6. The molecule has 0 amide bonds. The van der Waals surface area contributed by atoms with Crippen molar-refractivity contribution in [3.05, 3.63) is 29.8 Å². The minimum atomic E-state index is -0.554. The lowest BCUT2D eigenvalue weighted by atomic mass is 9.83. The molecule has 1 N–H and O–H groups in total. The van der Waals surface area contributed by atoms with Crippen LogP contribution in [0.25, 0.3) is 0 Å². The number of hydrogen-bond donors (Lipinski definition) is 1. The fourth-order valence-corrected chi connectivity index (χ4v) is 4.26. The Balaban J connectivity index is 2.13. The quantitative estimate of drug-likeness (QED) is 0.475. The van der Waals surface area contributed by atoms with E-state index >= 15 is 0 Å². The molecule has 0 bridgehead atoms. The molecule has 0 saturated heterocycles. The monoisotopic (exact) mass is 432 g/mol. The number of aromatic hydroxyl groups is 1. The molecular formula is C26H40O5. The topological polar surface area (TPSA) is 72.8 Å². The van der Waals surface area contributed by atoms with Crippen molar-refractivity contribution < 1.29 is 24.2 Å². The Bertz CT molecular complexity index is 698. The molecule has 0 aromatic heterocycles. The van der Waals surface area contributed by atoms with E-state index in [1.165, 1.54) is 6.42 Å². The van der Waals surface area contributed by atoms with Crippen LogP contribution in [0.5, 0.6) is 5.75 Å². The highest BCUT2D eigenvalue weighted by Gasteiger charge is 2.33. The van der Waals surface area contributed by atoms with E-state index in [9.17, 15) is 14.7 Å². The molecule has 5 heteroatoms. The van der Waals surface area contributed by atoms with Crippen LogP contribution in [-0.2, 0) is 19.1 Å². The highest BCUT2D eigenvalue weighted by molar-refractivity contribution is 5.76. The van der Waals surface area contributed by atoms with E-state index < -0.39 is 5.60 Å². The molecule has 0 radical (unpaired) electrons. The molecule has 1 aliphatic carbocycles. The smallest absolute Gasteiger partial charge is 0.309 e. The van der Waals surface area contributed by atoms with Gasteiger partial charge >= 0.3 is 11.9 Å². The van der Waals surface area contributed by atoms with Gasteiger partial charge in [0.1, 0.15) is 17.5 Å². The lowest BCUT2D eigenvalue weighted by Crippen LogP contribution is -2.33. The molecule has 0 heterocycles. The van der Waals surface area contributed by atoms with Gasteiger partial charge in [0, 0.05) is 0 Å². The lowest BCUT2D eigenvalue weighted by molar-refractivity contribution is -0.163. The third-order valence-electron chi connectivity index (χ3n) is 6.07. The number of rotatable bonds is 9. The van der Waals surface area contributed by atoms with Crippen LogP contribution in [0.4, 0.5) is 0 Å². The van der Waals surface area contributed by atoms with Crippen molar-refractivity contribution in [1.29, 1.82) is 0 Å². The Morgan fingerprint density at radius 3 is 2.16 bits per heavy atom. The molecule has 3 atom stereocenters. The summed E-state index contributed by atoms with van der Waals surface area (Å²) < 4.78 is 11.5. The number of carbonyl (C=O) groups excluding carboxylic acids is 2. The zero-order chi connectivity index (χ0) is 23.0. The van der Waals surface area contributed by atoms with Crippen LogP contribution in [0, 0.1) is 11.8 Å². The van der Waals surface area contributed by atoms with Gasteiger partial charge < -0.3 is 14.6 Å². The first-order valence-corrected chi connectivity index (χ1v) is 11.8. The van der Waals surface area contributed by atoms with Gasteiger partial charge in [-0.3, -0.25) is 9.59 Å². The zero-order valence-corrected chi connectivity index (χ0v) is 19.9. The second-order valence-electron chi connectivity index (χ2n) is 10.00. The maximum Gasteiger partial charge on any atom is 0.309 e. The summed E-state index contributed by atoms with van der Waals surface area (Å²) in [7, 11) is 0. The molecule has 5 nitrogen and oxygen atoms in total. The van der Waals surface area contributed by atoms with Crippen LogP contribution >= 0.6 is 0 Å². The normalized spacial score (nSPS) is 18.1. The average molecular weight is 433 g/mol. The summed E-state index contributed by atoms with van der Waals surface area (Å²) in [6.07, 6.45) is 6.89. The minimum Gasteiger partial charge on any atom is -0.508 e. The molecule has 1 aliphatic rings. The van der Waals surface area contributed by atoms with Crippen LogP contribution in [0.3, 0.4) is 0 Å². The number of hydrogen-bond acceptors (Lipinski definition) is 5. The summed E-state index contributed by atoms with van der Waals surface area (Å²) in [5.41, 5.74) is 0.501. The predicted molar refractivity (Wildman–Crippen MR) is 122 cm³/mol. The summed E-state index contributed by atoms with van der Waals surface area (Å²) >= 11 is 0. The Kier molecular flexibility index (Phi) is 9.39. The lowest BCUT2D eigenvalue weighted by Gasteiger charge is -2.29. The minimum absolute atomic E-state index is 0.00525. The van der Waals surface area contributed by atoms with Gasteiger partial charge in [-0.05, 0) is 89.3 Å². The van der Waals surface area contributed by atoms with Crippen molar-refractivity contribution in [2.24, 2.45) is 11.8 Å². The molecule has 1 saturated carbocycles. The highest BCUT2D eigenvalue weighted by Crippen LogP contribution is 2.32. The maximum atomic E-state index is 13.2. The Morgan fingerprint density at radius 1 is 1.00 bits per heavy atom. The van der Waals surface area contributed by atoms with Gasteiger partial charge in [0.05, 0.1) is 11.8 Å². The molecule has 2 rings (SSSR count). The van der Waals surface area contributed by atoms with Crippen molar-refractivity contribution in [1.82, 2.24) is 0 Å². The molecule has 31 heavy (non-hydrogen) atoms. The van der Waals surface area contributed by atoms with Crippen LogP contribution in [0.1, 0.15) is 97.5 Å². The van der Waals surface area contributed by atoms with E-state index in [2.05, 4.69) is 6.92 Å². The van der Waals surface area contributed by atoms with E-state index in [0.717, 1.165) is 31.2 Å². The van der Waals surface area contributed by atoms with Crippen LogP contribution in [0.2, 0.25) is 0 Å². The van der Waals surface area contributed by atoms with Crippen LogP contribution in [0.15, 0.2) is 24.3 Å². The SMILES string of the molecule is CCC(CC(CC(C)c1ccc(O)cc1)C(=O)OC1CCCCC1)C(=O)OC(C)(C)C. The van der Waals surface area contributed by atoms with Gasteiger partial charge in [0.25, 0.3) is 0 Å². The maximum absolute atomic E-state index is 13.2. The summed E-state index contributed by atoms with van der Waals surface area (Å²) in [4.78, 5) is 25.9. The summed E-state index contributed by atoms with van der Waals surface area (Å²) in [5.74, 6) is -0.832. The number of carbonyl (C=O) groups is 2. The number of phenolic OH excluding ortho intramolecular Hbond substituents is 1. The third-order valence-corrected chi connectivity index (χ3v) is 6.07. The molecular weight excluding hydrogens is 392 g/mol. The van der Waals surface area contributed by atoms with Gasteiger partial charge in [0.2, 0.25) is 0 Å². The van der Waals surface area contributed by atoms with Crippen molar-refractivity contribution in [3.63, 3.8) is 0 Å². The molecule has 174 valence electrons. The van der Waals surface area contributed by atoms with Crippen LogP contribution < -0.4 is 0 Å². The van der Waals surface area contributed by atoms with Gasteiger partial charge in [-0.1, -0.05) is 32.4 Å². The number of benzene rings is 1. The van der Waals surface area contributed by atoms with E-state index in [-0.39, 0.29) is 41.5 Å². The van der Waals surface area contributed by atoms with Crippen LogP contribution in [-0.4, -0.2) is 28.8 Å². The molecule has 1 aromatic carbocycles. The number of ether oxygens (including phenoxy) is 2. The van der Waals surface area contributed by atoms with Gasteiger partial charge in [-0.25, -0.2) is 0 Å². The number of phenols is 1. The van der Waals surface area contributed by atoms with E-state index in [4.69, 9.17) is 9.47 Å². The Labute approximate surface area is 187 Å². The molecule has 0 aliphatic heterocycles. The summed E-state index contributed by atoms with van der Waals surface area (Å²) in [6, 6.07) is 7.09. The first-order chi connectivity index (χ1) is 14.6. The molecule has 3 unspecified atom stereocenters. The molecule has 1 fully saturated rings. The predicted octanol–water partition coefficient (Wildman–Crippen LogP) is 6.14. The van der Waals surface area contributed by atoms with E-state index in [1.54, 1.807) is 12.1 Å². The summed E-state index contributed by atoms with van der Waals surface area (Å²) in [5, 5.41) is 9.57. The van der Waals surface area contributed by atoms with E-state index in [0.29, 0.717) is 19.3 Å². The average Bonchev–Trinajstić information content (AvgIpc) is 2.70. The standard InChI is InChI=1S/C26H40O5/c1-6-19(25(29)31-26(3,4)5)17-21(24(28)30-23-10-8-7-9-11-23)16-18(2)20-12-14-22(27)15-13-20/h12-15,18-19,21,23,27H,6-11,16-17H2,1-5H3. The number of esters is 2.